The minimum atomic E-state index is 0.213. The third-order valence-corrected chi connectivity index (χ3v) is 4.69. The van der Waals surface area contributed by atoms with E-state index in [1.54, 1.807) is 0 Å². The van der Waals surface area contributed by atoms with Gasteiger partial charge in [-0.2, -0.15) is 0 Å². The fraction of sp³-hybridized carbons (Fsp3) is 0.381. The van der Waals surface area contributed by atoms with Gasteiger partial charge in [-0.05, 0) is 48.6 Å². The Kier molecular flexibility index (Phi) is 5.59. The van der Waals surface area contributed by atoms with Crippen molar-refractivity contribution in [1.82, 2.24) is 10.6 Å². The highest BCUT2D eigenvalue weighted by molar-refractivity contribution is 5.80. The van der Waals surface area contributed by atoms with Crippen molar-refractivity contribution in [3.8, 4) is 5.75 Å². The van der Waals surface area contributed by atoms with Gasteiger partial charge in [0.25, 0.3) is 0 Å². The molecule has 0 fully saturated rings. The quantitative estimate of drug-likeness (QED) is 0.649. The van der Waals surface area contributed by atoms with Crippen molar-refractivity contribution in [2.24, 2.45) is 4.99 Å². The molecule has 0 saturated heterocycles. The number of hydrogen-bond acceptors (Lipinski definition) is 2. The Labute approximate surface area is 150 Å². The summed E-state index contributed by atoms with van der Waals surface area (Å²) in [5, 5.41) is 6.88. The second kappa shape index (κ2) is 8.06. The molecule has 1 aliphatic rings. The lowest BCUT2D eigenvalue weighted by atomic mass is 10.0. The van der Waals surface area contributed by atoms with Crippen LogP contribution in [0.2, 0.25) is 0 Å². The molecule has 0 aromatic heterocycles. The standard InChI is InChI=1S/C21H27N3O/c1-15-6-4-5-7-19(15)16(2)24-21(22-3)23-12-10-17-8-9-20-18(14-17)11-13-25-20/h4-9,14,16H,10-13H2,1-3H3,(H2,22,23,24). The number of guanidine groups is 1. The van der Waals surface area contributed by atoms with Crippen LogP contribution in [0, 0.1) is 6.92 Å². The summed E-state index contributed by atoms with van der Waals surface area (Å²) in [6, 6.07) is 15.2. The maximum atomic E-state index is 5.56. The number of ether oxygens (including phenoxy) is 1. The smallest absolute Gasteiger partial charge is 0.191 e. The monoisotopic (exact) mass is 337 g/mol. The Morgan fingerprint density at radius 3 is 2.88 bits per heavy atom. The highest BCUT2D eigenvalue weighted by Crippen LogP contribution is 2.25. The van der Waals surface area contributed by atoms with Gasteiger partial charge in [-0.3, -0.25) is 4.99 Å². The zero-order chi connectivity index (χ0) is 17.6. The maximum absolute atomic E-state index is 5.56. The first-order chi connectivity index (χ1) is 12.2. The average molecular weight is 337 g/mol. The van der Waals surface area contributed by atoms with Gasteiger partial charge in [0.2, 0.25) is 0 Å². The van der Waals surface area contributed by atoms with Crippen LogP contribution in [0.25, 0.3) is 0 Å². The Balaban J connectivity index is 1.52. The largest absolute Gasteiger partial charge is 0.493 e. The summed E-state index contributed by atoms with van der Waals surface area (Å²) in [6.45, 7) is 5.96. The molecular weight excluding hydrogens is 310 g/mol. The second-order valence-electron chi connectivity index (χ2n) is 6.51. The summed E-state index contributed by atoms with van der Waals surface area (Å²) in [4.78, 5) is 4.35. The molecule has 1 aliphatic heterocycles. The average Bonchev–Trinajstić information content (AvgIpc) is 3.09. The number of nitrogens with zero attached hydrogens (tertiary/aromatic N) is 1. The van der Waals surface area contributed by atoms with Crippen molar-refractivity contribution in [2.45, 2.75) is 32.7 Å². The molecular formula is C21H27N3O. The van der Waals surface area contributed by atoms with Crippen LogP contribution in [0.1, 0.15) is 35.2 Å². The Morgan fingerprint density at radius 1 is 1.24 bits per heavy atom. The van der Waals surface area contributed by atoms with Gasteiger partial charge in [-0.15, -0.1) is 0 Å². The predicted octanol–water partition coefficient (Wildman–Crippen LogP) is 3.40. The maximum Gasteiger partial charge on any atom is 0.191 e. The van der Waals surface area contributed by atoms with Gasteiger partial charge in [0.15, 0.2) is 5.96 Å². The first kappa shape index (κ1) is 17.3. The number of benzene rings is 2. The molecule has 2 aromatic rings. The molecule has 132 valence electrons. The number of aryl methyl sites for hydroxylation is 1. The van der Waals surface area contributed by atoms with Gasteiger partial charge in [0.1, 0.15) is 5.75 Å². The summed E-state index contributed by atoms with van der Waals surface area (Å²) < 4.78 is 5.56. The summed E-state index contributed by atoms with van der Waals surface area (Å²) >= 11 is 0. The van der Waals surface area contributed by atoms with E-state index in [-0.39, 0.29) is 6.04 Å². The zero-order valence-corrected chi connectivity index (χ0v) is 15.3. The van der Waals surface area contributed by atoms with Gasteiger partial charge >= 0.3 is 0 Å². The van der Waals surface area contributed by atoms with E-state index in [1.807, 2.05) is 7.05 Å². The Hall–Kier alpha value is -2.49. The van der Waals surface area contributed by atoms with Gasteiger partial charge in [0.05, 0.1) is 12.6 Å². The number of rotatable bonds is 5. The van der Waals surface area contributed by atoms with Crippen LogP contribution in [0.3, 0.4) is 0 Å². The molecule has 0 spiro atoms. The van der Waals surface area contributed by atoms with Crippen molar-refractivity contribution in [3.05, 3.63) is 64.7 Å². The van der Waals surface area contributed by atoms with Crippen LogP contribution in [-0.4, -0.2) is 26.2 Å². The molecule has 4 heteroatoms. The van der Waals surface area contributed by atoms with E-state index in [1.165, 1.54) is 22.3 Å². The second-order valence-corrected chi connectivity index (χ2v) is 6.51. The molecule has 0 bridgehead atoms. The number of hydrogen-bond donors (Lipinski definition) is 2. The Morgan fingerprint density at radius 2 is 2.08 bits per heavy atom. The first-order valence-electron chi connectivity index (χ1n) is 8.94. The third-order valence-electron chi connectivity index (χ3n) is 4.69. The number of aliphatic imine (C=N–C) groups is 1. The molecule has 2 N–H and O–H groups in total. The molecule has 3 rings (SSSR count). The van der Waals surface area contributed by atoms with Crippen LogP contribution < -0.4 is 15.4 Å². The van der Waals surface area contributed by atoms with E-state index in [9.17, 15) is 0 Å². The minimum absolute atomic E-state index is 0.213. The topological polar surface area (TPSA) is 45.7 Å². The van der Waals surface area contributed by atoms with E-state index in [0.717, 1.165) is 37.7 Å². The van der Waals surface area contributed by atoms with Gasteiger partial charge in [0, 0.05) is 20.0 Å². The highest BCUT2D eigenvalue weighted by Gasteiger charge is 2.12. The molecule has 4 nitrogen and oxygen atoms in total. The highest BCUT2D eigenvalue weighted by atomic mass is 16.5. The summed E-state index contributed by atoms with van der Waals surface area (Å²) in [7, 11) is 1.81. The van der Waals surface area contributed by atoms with E-state index >= 15 is 0 Å². The SMILES string of the molecule is CN=C(NCCc1ccc2c(c1)CCO2)NC(C)c1ccccc1C. The fourth-order valence-corrected chi connectivity index (χ4v) is 3.27. The molecule has 1 atom stereocenters. The van der Waals surface area contributed by atoms with E-state index < -0.39 is 0 Å². The zero-order valence-electron chi connectivity index (χ0n) is 15.3. The fourth-order valence-electron chi connectivity index (χ4n) is 3.27. The molecule has 0 radical (unpaired) electrons. The van der Waals surface area contributed by atoms with Crippen LogP contribution in [-0.2, 0) is 12.8 Å². The van der Waals surface area contributed by atoms with Crippen LogP contribution in [0.5, 0.6) is 5.75 Å². The molecule has 25 heavy (non-hydrogen) atoms. The van der Waals surface area contributed by atoms with Crippen LogP contribution >= 0.6 is 0 Å². The van der Waals surface area contributed by atoms with Crippen molar-refractivity contribution < 1.29 is 4.74 Å². The lowest BCUT2D eigenvalue weighted by molar-refractivity contribution is 0.357. The molecule has 0 amide bonds. The lowest BCUT2D eigenvalue weighted by Crippen LogP contribution is -2.39. The summed E-state index contributed by atoms with van der Waals surface area (Å²) in [6.07, 6.45) is 1.99. The van der Waals surface area contributed by atoms with Gasteiger partial charge < -0.3 is 15.4 Å². The van der Waals surface area contributed by atoms with Crippen molar-refractivity contribution in [3.63, 3.8) is 0 Å². The first-order valence-corrected chi connectivity index (χ1v) is 8.94. The van der Waals surface area contributed by atoms with E-state index in [0.29, 0.717) is 0 Å². The molecule has 1 unspecified atom stereocenters. The van der Waals surface area contributed by atoms with E-state index in [4.69, 9.17) is 4.74 Å². The molecule has 0 aliphatic carbocycles. The van der Waals surface area contributed by atoms with Crippen molar-refractivity contribution in [2.75, 3.05) is 20.2 Å². The molecule has 1 heterocycles. The number of fused-ring (bicyclic) bond motifs is 1. The minimum Gasteiger partial charge on any atom is -0.493 e. The molecule has 0 saturated carbocycles. The summed E-state index contributed by atoms with van der Waals surface area (Å²) in [5.41, 5.74) is 5.25. The lowest BCUT2D eigenvalue weighted by Gasteiger charge is -2.20. The normalized spacial score (nSPS) is 14.6. The van der Waals surface area contributed by atoms with Crippen molar-refractivity contribution >= 4 is 5.96 Å². The van der Waals surface area contributed by atoms with E-state index in [2.05, 4.69) is 71.9 Å². The van der Waals surface area contributed by atoms with Gasteiger partial charge in [-0.1, -0.05) is 36.4 Å². The third kappa shape index (κ3) is 4.32. The van der Waals surface area contributed by atoms with Crippen LogP contribution in [0.4, 0.5) is 0 Å². The molecule has 2 aromatic carbocycles. The summed E-state index contributed by atoms with van der Waals surface area (Å²) in [5.74, 6) is 1.88. The predicted molar refractivity (Wildman–Crippen MR) is 103 cm³/mol. The van der Waals surface area contributed by atoms with Gasteiger partial charge in [-0.25, -0.2) is 0 Å². The van der Waals surface area contributed by atoms with Crippen molar-refractivity contribution in [1.29, 1.82) is 0 Å². The number of nitrogens with one attached hydrogen (secondary N) is 2. The Bertz CT molecular complexity index is 755. The van der Waals surface area contributed by atoms with Crippen LogP contribution in [0.15, 0.2) is 47.5 Å².